The topological polar surface area (TPSA) is 60.0 Å². The maximum atomic E-state index is 5.32. The molecule has 164 valence electrons. The number of pyridine rings is 1. The van der Waals surface area contributed by atoms with E-state index in [1.807, 2.05) is 66.7 Å². The third-order valence-corrected chi connectivity index (χ3v) is 6.34. The van der Waals surface area contributed by atoms with Crippen molar-refractivity contribution in [3.8, 4) is 34.0 Å². The van der Waals surface area contributed by atoms with E-state index < -0.39 is 0 Å². The molecule has 5 aromatic rings. The number of aromatic nitrogens is 3. The molecule has 2 heterocycles. The molecule has 0 atom stereocenters. The zero-order chi connectivity index (χ0) is 22.6. The van der Waals surface area contributed by atoms with Gasteiger partial charge in [0, 0.05) is 22.3 Å². The van der Waals surface area contributed by atoms with Gasteiger partial charge in [-0.25, -0.2) is 4.98 Å². The van der Waals surface area contributed by atoms with Crippen molar-refractivity contribution < 1.29 is 9.47 Å². The maximum absolute atomic E-state index is 5.32. The Kier molecular flexibility index (Phi) is 6.00. The number of para-hydroxylation sites is 1. The van der Waals surface area contributed by atoms with Gasteiger partial charge >= 0.3 is 0 Å². The lowest BCUT2D eigenvalue weighted by molar-refractivity contribution is 0.414. The first-order chi connectivity index (χ1) is 16.2. The Balaban J connectivity index is 1.46. The molecule has 0 saturated heterocycles. The number of fused-ring (bicyclic) bond motifs is 1. The molecular formula is C27H23N3O2S. The number of methoxy groups -OCH3 is 2. The van der Waals surface area contributed by atoms with E-state index in [0.29, 0.717) is 0 Å². The van der Waals surface area contributed by atoms with Crippen LogP contribution in [0, 0.1) is 0 Å². The second-order valence-corrected chi connectivity index (χ2v) is 8.47. The number of H-pyrrole nitrogens is 1. The molecule has 1 N–H and O–H groups in total. The summed E-state index contributed by atoms with van der Waals surface area (Å²) >= 11 is 1.64. The minimum absolute atomic E-state index is 0.725. The van der Waals surface area contributed by atoms with Crippen molar-refractivity contribution in [3.05, 3.63) is 90.6 Å². The van der Waals surface area contributed by atoms with E-state index in [2.05, 4.69) is 23.2 Å². The van der Waals surface area contributed by atoms with Crippen LogP contribution in [0.15, 0.2) is 90.1 Å². The molecule has 3 aromatic carbocycles. The molecule has 6 heteroatoms. The number of ether oxygens (including phenoxy) is 2. The molecule has 2 aromatic heterocycles. The van der Waals surface area contributed by atoms with Crippen molar-refractivity contribution in [1.82, 2.24) is 15.0 Å². The number of aromatic amines is 1. The molecule has 0 unspecified atom stereocenters. The summed E-state index contributed by atoms with van der Waals surface area (Å²) in [4.78, 5) is 13.2. The fourth-order valence-corrected chi connectivity index (χ4v) is 4.45. The van der Waals surface area contributed by atoms with Crippen LogP contribution < -0.4 is 9.47 Å². The number of hydrogen-bond acceptors (Lipinski definition) is 5. The summed E-state index contributed by atoms with van der Waals surface area (Å²) in [7, 11) is 3.34. The molecule has 0 radical (unpaired) electrons. The Bertz CT molecular complexity index is 1310. The van der Waals surface area contributed by atoms with Crippen molar-refractivity contribution in [2.75, 3.05) is 14.2 Å². The summed E-state index contributed by atoms with van der Waals surface area (Å²) < 4.78 is 10.6. The molecule has 0 spiro atoms. The number of nitrogens with zero attached hydrogens (tertiary/aromatic N) is 2. The average Bonchev–Trinajstić information content (AvgIpc) is 3.32. The smallest absolute Gasteiger partial charge is 0.166 e. The van der Waals surface area contributed by atoms with Crippen LogP contribution in [0.5, 0.6) is 11.5 Å². The third-order valence-electron chi connectivity index (χ3n) is 5.44. The predicted molar refractivity (Wildman–Crippen MR) is 134 cm³/mol. The first kappa shape index (κ1) is 21.1. The van der Waals surface area contributed by atoms with E-state index in [4.69, 9.17) is 19.4 Å². The van der Waals surface area contributed by atoms with Gasteiger partial charge in [0.25, 0.3) is 0 Å². The first-order valence-corrected chi connectivity index (χ1v) is 11.6. The van der Waals surface area contributed by atoms with Gasteiger partial charge in [-0.1, -0.05) is 36.0 Å². The van der Waals surface area contributed by atoms with Crippen molar-refractivity contribution in [1.29, 1.82) is 0 Å². The Labute approximate surface area is 196 Å². The molecule has 0 aliphatic rings. The van der Waals surface area contributed by atoms with Crippen LogP contribution in [-0.2, 0) is 5.75 Å². The van der Waals surface area contributed by atoms with Crippen LogP contribution in [0.2, 0.25) is 0 Å². The predicted octanol–water partition coefficient (Wildman–Crippen LogP) is 6.60. The highest BCUT2D eigenvalue weighted by atomic mass is 32.2. The fourth-order valence-electron chi connectivity index (χ4n) is 3.68. The molecule has 5 rings (SSSR count). The zero-order valence-corrected chi connectivity index (χ0v) is 19.2. The van der Waals surface area contributed by atoms with Crippen molar-refractivity contribution in [2.24, 2.45) is 0 Å². The van der Waals surface area contributed by atoms with Gasteiger partial charge in [-0.05, 0) is 60.7 Å². The van der Waals surface area contributed by atoms with Crippen molar-refractivity contribution in [3.63, 3.8) is 0 Å². The standard InChI is InChI=1S/C27H23N3O2S/c1-31-22-13-8-19(9-14-22)25-26(20-10-15-23(32-2)16-11-20)30-27(29-25)33-17-21-12-7-18-5-3-4-6-24(18)28-21/h3-16H,17H2,1-2H3,(H,29,30). The Morgan fingerprint density at radius 3 is 2.09 bits per heavy atom. The molecule has 0 aliphatic heterocycles. The third kappa shape index (κ3) is 4.56. The molecule has 0 bridgehead atoms. The Morgan fingerprint density at radius 2 is 1.39 bits per heavy atom. The zero-order valence-electron chi connectivity index (χ0n) is 18.4. The van der Waals surface area contributed by atoms with Gasteiger partial charge in [-0.3, -0.25) is 4.98 Å². The van der Waals surface area contributed by atoms with E-state index in [1.54, 1.807) is 26.0 Å². The maximum Gasteiger partial charge on any atom is 0.166 e. The van der Waals surface area contributed by atoms with Gasteiger partial charge in [0.1, 0.15) is 11.5 Å². The minimum Gasteiger partial charge on any atom is -0.497 e. The van der Waals surface area contributed by atoms with Gasteiger partial charge in [0.15, 0.2) is 5.16 Å². The second-order valence-electron chi connectivity index (χ2n) is 7.51. The normalized spacial score (nSPS) is 11.0. The van der Waals surface area contributed by atoms with Crippen LogP contribution in [0.25, 0.3) is 33.4 Å². The number of nitrogens with one attached hydrogen (secondary N) is 1. The first-order valence-electron chi connectivity index (χ1n) is 10.6. The number of hydrogen-bond donors (Lipinski definition) is 1. The quantitative estimate of drug-likeness (QED) is 0.281. The van der Waals surface area contributed by atoms with Crippen LogP contribution in [-0.4, -0.2) is 29.2 Å². The van der Waals surface area contributed by atoms with Gasteiger partial charge in [-0.15, -0.1) is 0 Å². The van der Waals surface area contributed by atoms with Gasteiger partial charge in [0.05, 0.1) is 36.8 Å². The van der Waals surface area contributed by atoms with Gasteiger partial charge < -0.3 is 14.5 Å². The largest absolute Gasteiger partial charge is 0.497 e. The van der Waals surface area contributed by atoms with Gasteiger partial charge in [-0.2, -0.15) is 0 Å². The average molecular weight is 454 g/mol. The highest BCUT2D eigenvalue weighted by Crippen LogP contribution is 2.35. The molecule has 0 amide bonds. The summed E-state index contributed by atoms with van der Waals surface area (Å²) in [6, 6.07) is 28.3. The summed E-state index contributed by atoms with van der Waals surface area (Å²) in [5.41, 5.74) is 5.96. The highest BCUT2D eigenvalue weighted by Gasteiger charge is 2.15. The number of thioether (sulfide) groups is 1. The summed E-state index contributed by atoms with van der Waals surface area (Å²) in [5.74, 6) is 2.36. The minimum atomic E-state index is 0.725. The number of imidazole rings is 1. The van der Waals surface area contributed by atoms with Crippen LogP contribution in [0.1, 0.15) is 5.69 Å². The fraction of sp³-hybridized carbons (Fsp3) is 0.111. The lowest BCUT2D eigenvalue weighted by atomic mass is 10.0. The monoisotopic (exact) mass is 453 g/mol. The van der Waals surface area contributed by atoms with Gasteiger partial charge in [0.2, 0.25) is 0 Å². The van der Waals surface area contributed by atoms with E-state index in [9.17, 15) is 0 Å². The molecule has 0 fully saturated rings. The van der Waals surface area contributed by atoms with E-state index in [0.717, 1.165) is 61.5 Å². The van der Waals surface area contributed by atoms with Crippen molar-refractivity contribution in [2.45, 2.75) is 10.9 Å². The molecule has 33 heavy (non-hydrogen) atoms. The highest BCUT2D eigenvalue weighted by molar-refractivity contribution is 7.98. The molecular weight excluding hydrogens is 430 g/mol. The van der Waals surface area contributed by atoms with Crippen LogP contribution in [0.4, 0.5) is 0 Å². The van der Waals surface area contributed by atoms with Crippen molar-refractivity contribution >= 4 is 22.7 Å². The lowest BCUT2D eigenvalue weighted by Crippen LogP contribution is -1.88. The Hall–Kier alpha value is -3.77. The van der Waals surface area contributed by atoms with Crippen LogP contribution >= 0.6 is 11.8 Å². The van der Waals surface area contributed by atoms with Crippen LogP contribution in [0.3, 0.4) is 0 Å². The number of rotatable bonds is 7. The second kappa shape index (κ2) is 9.38. The Morgan fingerprint density at radius 1 is 0.727 bits per heavy atom. The SMILES string of the molecule is COc1ccc(-c2nc(SCc3ccc4ccccc4n3)[nH]c2-c2ccc(OC)cc2)cc1. The summed E-state index contributed by atoms with van der Waals surface area (Å²) in [6.45, 7) is 0. The molecule has 0 saturated carbocycles. The summed E-state index contributed by atoms with van der Waals surface area (Å²) in [5, 5.41) is 1.99. The summed E-state index contributed by atoms with van der Waals surface area (Å²) in [6.07, 6.45) is 0. The van der Waals surface area contributed by atoms with E-state index in [-0.39, 0.29) is 0 Å². The molecule has 0 aliphatic carbocycles. The lowest BCUT2D eigenvalue weighted by Gasteiger charge is -2.06. The van der Waals surface area contributed by atoms with E-state index >= 15 is 0 Å². The molecule has 5 nitrogen and oxygen atoms in total. The number of benzene rings is 3. The van der Waals surface area contributed by atoms with E-state index in [1.165, 1.54) is 0 Å².